The van der Waals surface area contributed by atoms with Crippen LogP contribution in [0.2, 0.25) is 0 Å². The number of ketones is 1. The Kier molecular flexibility index (Phi) is 9.21. The van der Waals surface area contributed by atoms with Crippen LogP contribution in [0.5, 0.6) is 0 Å². The normalized spacial score (nSPS) is 11.7. The lowest BCUT2D eigenvalue weighted by Gasteiger charge is -2.18. The number of halogens is 1. The average Bonchev–Trinajstić information content (AvgIpc) is 3.64. The summed E-state index contributed by atoms with van der Waals surface area (Å²) in [4.78, 5) is 36.6. The second kappa shape index (κ2) is 13.0. The SMILES string of the molecule is CCn1ccc(-c2cc(-c3cnn(C)c3)cc([C@@H](C)NC(=O)c3ccccc3CCC(=O)NCC(=O)CF)c2)n1. The number of alkyl halides is 1. The third-order valence-corrected chi connectivity index (χ3v) is 6.62. The molecule has 0 bridgehead atoms. The van der Waals surface area contributed by atoms with Crippen molar-refractivity contribution in [2.24, 2.45) is 7.05 Å². The Morgan fingerprint density at radius 2 is 1.82 bits per heavy atom. The van der Waals surface area contributed by atoms with Gasteiger partial charge in [-0.05, 0) is 67.3 Å². The first kappa shape index (κ1) is 28.4. The van der Waals surface area contributed by atoms with Crippen LogP contribution in [0.25, 0.3) is 22.4 Å². The average molecular weight is 545 g/mol. The smallest absolute Gasteiger partial charge is 0.252 e. The summed E-state index contributed by atoms with van der Waals surface area (Å²) in [6.45, 7) is 3.26. The fourth-order valence-corrected chi connectivity index (χ4v) is 4.38. The van der Waals surface area contributed by atoms with Gasteiger partial charge >= 0.3 is 0 Å². The van der Waals surface area contributed by atoms with E-state index in [4.69, 9.17) is 0 Å². The van der Waals surface area contributed by atoms with Crippen LogP contribution in [0.3, 0.4) is 0 Å². The Morgan fingerprint density at radius 1 is 1.05 bits per heavy atom. The minimum absolute atomic E-state index is 0.0698. The third-order valence-electron chi connectivity index (χ3n) is 6.62. The van der Waals surface area contributed by atoms with Gasteiger partial charge in [-0.1, -0.05) is 18.2 Å². The first-order chi connectivity index (χ1) is 19.3. The molecule has 208 valence electrons. The van der Waals surface area contributed by atoms with E-state index in [0.717, 1.165) is 34.5 Å². The number of benzene rings is 2. The van der Waals surface area contributed by atoms with E-state index in [1.165, 1.54) is 0 Å². The van der Waals surface area contributed by atoms with Crippen molar-refractivity contribution in [2.75, 3.05) is 13.2 Å². The maximum absolute atomic E-state index is 13.4. The molecule has 2 amide bonds. The van der Waals surface area contributed by atoms with E-state index in [2.05, 4.69) is 26.9 Å². The van der Waals surface area contributed by atoms with Gasteiger partial charge in [0.15, 0.2) is 5.78 Å². The molecule has 0 unspecified atom stereocenters. The molecule has 4 aromatic rings. The van der Waals surface area contributed by atoms with Crippen molar-refractivity contribution in [3.63, 3.8) is 0 Å². The molecule has 0 radical (unpaired) electrons. The molecule has 9 nitrogen and oxygen atoms in total. The van der Waals surface area contributed by atoms with Gasteiger partial charge in [-0.2, -0.15) is 10.2 Å². The maximum atomic E-state index is 13.4. The number of hydrogen-bond donors (Lipinski definition) is 2. The molecule has 1 atom stereocenters. The van der Waals surface area contributed by atoms with Gasteiger partial charge in [0.25, 0.3) is 5.91 Å². The van der Waals surface area contributed by atoms with Gasteiger partial charge in [-0.25, -0.2) is 4.39 Å². The van der Waals surface area contributed by atoms with Crippen molar-refractivity contribution in [3.05, 3.63) is 83.8 Å². The summed E-state index contributed by atoms with van der Waals surface area (Å²) in [6.07, 6.45) is 6.05. The number of nitrogens with zero attached hydrogens (tertiary/aromatic N) is 4. The number of Topliss-reactive ketones (excluding diaryl/α,β-unsaturated/α-hetero) is 1. The van der Waals surface area contributed by atoms with Gasteiger partial charge < -0.3 is 10.6 Å². The largest absolute Gasteiger partial charge is 0.349 e. The molecular formula is C30H33FN6O3. The molecule has 0 fully saturated rings. The predicted molar refractivity (Wildman–Crippen MR) is 150 cm³/mol. The van der Waals surface area contributed by atoms with Gasteiger partial charge in [0.2, 0.25) is 5.91 Å². The summed E-state index contributed by atoms with van der Waals surface area (Å²) in [5, 5.41) is 14.5. The topological polar surface area (TPSA) is 111 Å². The number of rotatable bonds is 12. The molecule has 2 heterocycles. The Hall–Kier alpha value is -4.60. The summed E-state index contributed by atoms with van der Waals surface area (Å²) in [6, 6.07) is 14.9. The predicted octanol–water partition coefficient (Wildman–Crippen LogP) is 4.05. The zero-order chi connectivity index (χ0) is 28.6. The Labute approximate surface area is 232 Å². The maximum Gasteiger partial charge on any atom is 0.252 e. The van der Waals surface area contributed by atoms with Gasteiger partial charge in [0, 0.05) is 49.1 Å². The van der Waals surface area contributed by atoms with Crippen LogP contribution in [-0.4, -0.2) is 50.4 Å². The summed E-state index contributed by atoms with van der Waals surface area (Å²) >= 11 is 0. The monoisotopic (exact) mass is 544 g/mol. The van der Waals surface area contributed by atoms with Crippen LogP contribution in [0.15, 0.2) is 67.1 Å². The van der Waals surface area contributed by atoms with E-state index in [9.17, 15) is 18.8 Å². The molecule has 0 spiro atoms. The van der Waals surface area contributed by atoms with Crippen molar-refractivity contribution in [1.29, 1.82) is 0 Å². The van der Waals surface area contributed by atoms with Crippen LogP contribution < -0.4 is 10.6 Å². The number of nitrogens with one attached hydrogen (secondary N) is 2. The van der Waals surface area contributed by atoms with Crippen molar-refractivity contribution in [3.8, 4) is 22.4 Å². The van der Waals surface area contributed by atoms with Crippen molar-refractivity contribution in [1.82, 2.24) is 30.2 Å². The molecule has 0 aliphatic rings. The number of aryl methyl sites for hydroxylation is 3. The number of carbonyl (C=O) groups is 3. The summed E-state index contributed by atoms with van der Waals surface area (Å²) in [5.74, 6) is -1.33. The van der Waals surface area contributed by atoms with E-state index in [-0.39, 0.29) is 30.8 Å². The first-order valence-corrected chi connectivity index (χ1v) is 13.2. The molecule has 0 aliphatic heterocycles. The van der Waals surface area contributed by atoms with E-state index in [1.807, 2.05) is 56.2 Å². The van der Waals surface area contributed by atoms with Crippen molar-refractivity contribution >= 4 is 17.6 Å². The zero-order valence-corrected chi connectivity index (χ0v) is 22.9. The molecular weight excluding hydrogens is 511 g/mol. The highest BCUT2D eigenvalue weighted by Crippen LogP contribution is 2.30. The Balaban J connectivity index is 1.54. The number of amides is 2. The van der Waals surface area contributed by atoms with Crippen LogP contribution in [0.4, 0.5) is 4.39 Å². The highest BCUT2D eigenvalue weighted by molar-refractivity contribution is 5.96. The molecule has 0 aliphatic carbocycles. The lowest BCUT2D eigenvalue weighted by atomic mass is 9.96. The molecule has 2 N–H and O–H groups in total. The summed E-state index contributed by atoms with van der Waals surface area (Å²) < 4.78 is 16.0. The standard InChI is InChI=1S/C30H33FN6O3/c1-4-37-12-11-28(35-37)24-14-22(13-23(15-24)25-17-33-36(3)19-25)20(2)34-30(40)27-8-6-5-7-21(27)9-10-29(39)32-18-26(38)16-31/h5-8,11-15,17,19-20H,4,9-10,16,18H2,1-3H3,(H,32,39)(H,34,40)/t20-/m1/s1. The molecule has 2 aromatic heterocycles. The Morgan fingerprint density at radius 3 is 2.52 bits per heavy atom. The second-order valence-corrected chi connectivity index (χ2v) is 9.60. The highest BCUT2D eigenvalue weighted by atomic mass is 19.1. The molecule has 0 saturated carbocycles. The van der Waals surface area contributed by atoms with E-state index >= 15 is 0 Å². The van der Waals surface area contributed by atoms with E-state index in [1.54, 1.807) is 35.1 Å². The van der Waals surface area contributed by atoms with Gasteiger partial charge in [-0.3, -0.25) is 23.7 Å². The molecule has 2 aromatic carbocycles. The fraction of sp³-hybridized carbons (Fsp3) is 0.300. The lowest BCUT2D eigenvalue weighted by molar-refractivity contribution is -0.125. The van der Waals surface area contributed by atoms with Gasteiger partial charge in [0.1, 0.15) is 6.67 Å². The molecule has 4 rings (SSSR count). The molecule has 40 heavy (non-hydrogen) atoms. The quantitative estimate of drug-likeness (QED) is 0.280. The summed E-state index contributed by atoms with van der Waals surface area (Å²) in [5.41, 5.74) is 5.76. The fourth-order valence-electron chi connectivity index (χ4n) is 4.38. The first-order valence-electron chi connectivity index (χ1n) is 13.2. The highest BCUT2D eigenvalue weighted by Gasteiger charge is 2.18. The third kappa shape index (κ3) is 7.07. The summed E-state index contributed by atoms with van der Waals surface area (Å²) in [7, 11) is 1.87. The minimum atomic E-state index is -1.11. The van der Waals surface area contributed by atoms with Crippen molar-refractivity contribution in [2.45, 2.75) is 39.3 Å². The van der Waals surface area contributed by atoms with E-state index < -0.39 is 12.5 Å². The van der Waals surface area contributed by atoms with Crippen LogP contribution in [0, 0.1) is 0 Å². The van der Waals surface area contributed by atoms with Crippen LogP contribution >= 0.6 is 0 Å². The van der Waals surface area contributed by atoms with Crippen molar-refractivity contribution < 1.29 is 18.8 Å². The number of carbonyl (C=O) groups excluding carboxylic acids is 3. The van der Waals surface area contributed by atoms with Gasteiger partial charge in [-0.15, -0.1) is 0 Å². The van der Waals surface area contributed by atoms with Crippen LogP contribution in [-0.2, 0) is 29.6 Å². The number of hydrogen-bond acceptors (Lipinski definition) is 5. The number of aromatic nitrogens is 4. The zero-order valence-electron chi connectivity index (χ0n) is 22.9. The van der Waals surface area contributed by atoms with Crippen LogP contribution in [0.1, 0.15) is 47.8 Å². The molecule has 10 heteroatoms. The Bertz CT molecular complexity index is 1510. The van der Waals surface area contributed by atoms with E-state index in [0.29, 0.717) is 17.5 Å². The minimum Gasteiger partial charge on any atom is -0.349 e. The lowest BCUT2D eigenvalue weighted by Crippen LogP contribution is -2.31. The van der Waals surface area contributed by atoms with Gasteiger partial charge in [0.05, 0.1) is 24.5 Å². The molecule has 0 saturated heterocycles. The second-order valence-electron chi connectivity index (χ2n) is 9.60.